The molecular weight excluding hydrogens is 394 g/mol. The molecule has 0 saturated heterocycles. The van der Waals surface area contributed by atoms with Gasteiger partial charge in [-0.05, 0) is 35.7 Å². The number of nitrogens with zero attached hydrogens (tertiary/aromatic N) is 3. The molecule has 0 radical (unpaired) electrons. The molecule has 1 amide bonds. The second kappa shape index (κ2) is 7.83. The second-order valence-electron chi connectivity index (χ2n) is 6.26. The van der Waals surface area contributed by atoms with Crippen molar-refractivity contribution < 1.29 is 4.79 Å². The minimum absolute atomic E-state index is 0.0299. The van der Waals surface area contributed by atoms with Gasteiger partial charge in [-0.1, -0.05) is 47.1 Å². The first-order valence-electron chi connectivity index (χ1n) is 8.44. The second-order valence-corrected chi connectivity index (χ2v) is 7.17. The zero-order valence-corrected chi connectivity index (χ0v) is 16.4. The van der Waals surface area contributed by atoms with E-state index in [1.165, 1.54) is 16.5 Å². The minimum Gasteiger partial charge on any atom is -0.340 e. The number of aryl methyl sites for hydroxylation is 1. The van der Waals surface area contributed by atoms with E-state index in [0.29, 0.717) is 17.4 Å². The minimum atomic E-state index is -0.217. The highest BCUT2D eigenvalue weighted by Gasteiger charge is 2.13. The average molecular weight is 414 g/mol. The fourth-order valence-electron chi connectivity index (χ4n) is 2.75. The summed E-state index contributed by atoms with van der Waals surface area (Å²) in [6.07, 6.45) is 2.42. The van der Waals surface area contributed by atoms with E-state index >= 15 is 0 Å². The molecule has 1 aromatic heterocycles. The lowest BCUT2D eigenvalue weighted by molar-refractivity contribution is -0.131. The van der Waals surface area contributed by atoms with Crippen LogP contribution >= 0.6 is 15.9 Å². The van der Waals surface area contributed by atoms with Crippen LogP contribution in [0.25, 0.3) is 10.9 Å². The standard InChI is InChI=1S/C20H20BrN3O2/c1-3-14-4-6-15(7-5-14)11-23(2)19(25)12-24-13-22-18-9-8-16(21)10-17(18)20(24)26/h4-10,13H,3,11-12H2,1-2H3. The molecule has 26 heavy (non-hydrogen) atoms. The molecule has 0 unspecified atom stereocenters. The molecule has 3 rings (SSSR count). The summed E-state index contributed by atoms with van der Waals surface area (Å²) in [7, 11) is 1.74. The Bertz CT molecular complexity index is 996. The normalized spacial score (nSPS) is 10.9. The highest BCUT2D eigenvalue weighted by Crippen LogP contribution is 2.15. The number of amides is 1. The number of fused-ring (bicyclic) bond motifs is 1. The van der Waals surface area contributed by atoms with Crippen molar-refractivity contribution in [3.05, 3.63) is 74.7 Å². The first-order valence-corrected chi connectivity index (χ1v) is 9.23. The third-order valence-corrected chi connectivity index (χ3v) is 4.86. The van der Waals surface area contributed by atoms with Crippen molar-refractivity contribution in [2.45, 2.75) is 26.4 Å². The summed E-state index contributed by atoms with van der Waals surface area (Å²) in [6, 6.07) is 13.5. The van der Waals surface area contributed by atoms with E-state index in [4.69, 9.17) is 0 Å². The van der Waals surface area contributed by atoms with Crippen LogP contribution in [0.5, 0.6) is 0 Å². The summed E-state index contributed by atoms with van der Waals surface area (Å²) < 4.78 is 2.16. The zero-order valence-electron chi connectivity index (χ0n) is 14.8. The Balaban J connectivity index is 1.75. The maximum Gasteiger partial charge on any atom is 0.261 e. The van der Waals surface area contributed by atoms with Crippen LogP contribution in [0.3, 0.4) is 0 Å². The van der Waals surface area contributed by atoms with Crippen LogP contribution in [0.4, 0.5) is 0 Å². The van der Waals surface area contributed by atoms with Gasteiger partial charge in [-0.2, -0.15) is 0 Å². The van der Waals surface area contributed by atoms with Crippen molar-refractivity contribution in [1.82, 2.24) is 14.5 Å². The number of likely N-dealkylation sites (N-methyl/N-ethyl adjacent to an activating group) is 1. The monoisotopic (exact) mass is 413 g/mol. The SMILES string of the molecule is CCc1ccc(CN(C)C(=O)Cn2cnc3ccc(Br)cc3c2=O)cc1. The van der Waals surface area contributed by atoms with E-state index in [1.54, 1.807) is 24.1 Å². The smallest absolute Gasteiger partial charge is 0.261 e. The molecule has 5 nitrogen and oxygen atoms in total. The van der Waals surface area contributed by atoms with E-state index in [0.717, 1.165) is 16.5 Å². The van der Waals surface area contributed by atoms with Crippen molar-refractivity contribution >= 4 is 32.7 Å². The van der Waals surface area contributed by atoms with Gasteiger partial charge in [0.15, 0.2) is 0 Å². The molecule has 134 valence electrons. The van der Waals surface area contributed by atoms with Crippen molar-refractivity contribution in [1.29, 1.82) is 0 Å². The lowest BCUT2D eigenvalue weighted by Gasteiger charge is -2.18. The lowest BCUT2D eigenvalue weighted by atomic mass is 10.1. The first-order chi connectivity index (χ1) is 12.5. The molecule has 0 aliphatic heterocycles. The molecule has 0 N–H and O–H groups in total. The van der Waals surface area contributed by atoms with Crippen LogP contribution in [0.1, 0.15) is 18.1 Å². The van der Waals surface area contributed by atoms with Gasteiger partial charge in [0.05, 0.1) is 17.2 Å². The number of aromatic nitrogens is 2. The number of carbonyl (C=O) groups excluding carboxylic acids is 1. The number of carbonyl (C=O) groups is 1. The van der Waals surface area contributed by atoms with Crippen molar-refractivity contribution in [2.24, 2.45) is 0 Å². The average Bonchev–Trinajstić information content (AvgIpc) is 2.65. The quantitative estimate of drug-likeness (QED) is 0.643. The Labute approximate surface area is 160 Å². The van der Waals surface area contributed by atoms with Crippen LogP contribution in [0.2, 0.25) is 0 Å². The Morgan fingerprint density at radius 1 is 1.15 bits per heavy atom. The molecule has 0 bridgehead atoms. The van der Waals surface area contributed by atoms with E-state index < -0.39 is 0 Å². The van der Waals surface area contributed by atoms with Gasteiger partial charge < -0.3 is 4.90 Å². The van der Waals surface area contributed by atoms with E-state index in [2.05, 4.69) is 40.0 Å². The third-order valence-electron chi connectivity index (χ3n) is 4.37. The number of hydrogen-bond acceptors (Lipinski definition) is 3. The lowest BCUT2D eigenvalue weighted by Crippen LogP contribution is -2.33. The zero-order chi connectivity index (χ0) is 18.7. The third kappa shape index (κ3) is 4.02. The molecule has 0 atom stereocenters. The first kappa shape index (κ1) is 18.3. The number of benzene rings is 2. The fourth-order valence-corrected chi connectivity index (χ4v) is 3.11. The van der Waals surface area contributed by atoms with Crippen molar-refractivity contribution in [3.8, 4) is 0 Å². The van der Waals surface area contributed by atoms with E-state index in [1.807, 2.05) is 18.2 Å². The van der Waals surface area contributed by atoms with Gasteiger partial charge in [0.2, 0.25) is 5.91 Å². The summed E-state index contributed by atoms with van der Waals surface area (Å²) in [5.41, 5.74) is 2.73. The molecule has 0 spiro atoms. The predicted molar refractivity (Wildman–Crippen MR) is 106 cm³/mol. The summed E-state index contributed by atoms with van der Waals surface area (Å²) in [5.74, 6) is -0.136. The van der Waals surface area contributed by atoms with Gasteiger partial charge in [-0.3, -0.25) is 14.2 Å². The van der Waals surface area contributed by atoms with Crippen LogP contribution in [0.15, 0.2) is 58.1 Å². The molecular formula is C20H20BrN3O2. The maximum absolute atomic E-state index is 12.6. The highest BCUT2D eigenvalue weighted by molar-refractivity contribution is 9.10. The molecule has 2 aromatic carbocycles. The predicted octanol–water partition coefficient (Wildman–Crippen LogP) is 3.38. The summed E-state index contributed by atoms with van der Waals surface area (Å²) in [6.45, 7) is 2.58. The highest BCUT2D eigenvalue weighted by atomic mass is 79.9. The molecule has 0 fully saturated rings. The van der Waals surface area contributed by atoms with E-state index in [9.17, 15) is 9.59 Å². The molecule has 3 aromatic rings. The summed E-state index contributed by atoms with van der Waals surface area (Å²) >= 11 is 3.36. The van der Waals surface area contributed by atoms with Crippen LogP contribution in [0, 0.1) is 0 Å². The van der Waals surface area contributed by atoms with Gasteiger partial charge in [0, 0.05) is 18.1 Å². The van der Waals surface area contributed by atoms with Crippen LogP contribution < -0.4 is 5.56 Å². The molecule has 6 heteroatoms. The van der Waals surface area contributed by atoms with Gasteiger partial charge in [0.1, 0.15) is 6.54 Å². The molecule has 0 aliphatic carbocycles. The molecule has 0 aliphatic rings. The summed E-state index contributed by atoms with van der Waals surface area (Å²) in [4.78, 5) is 31.0. The van der Waals surface area contributed by atoms with Crippen molar-refractivity contribution in [3.63, 3.8) is 0 Å². The number of rotatable bonds is 5. The Morgan fingerprint density at radius 3 is 2.54 bits per heavy atom. The largest absolute Gasteiger partial charge is 0.340 e. The van der Waals surface area contributed by atoms with Gasteiger partial charge in [-0.15, -0.1) is 0 Å². The topological polar surface area (TPSA) is 55.2 Å². The van der Waals surface area contributed by atoms with Crippen LogP contribution in [-0.4, -0.2) is 27.4 Å². The van der Waals surface area contributed by atoms with Gasteiger partial charge >= 0.3 is 0 Å². The Hall–Kier alpha value is -2.47. The number of hydrogen-bond donors (Lipinski definition) is 0. The fraction of sp³-hybridized carbons (Fsp3) is 0.250. The van der Waals surface area contributed by atoms with Crippen molar-refractivity contribution in [2.75, 3.05) is 7.05 Å². The molecule has 0 saturated carbocycles. The van der Waals surface area contributed by atoms with Gasteiger partial charge in [0.25, 0.3) is 5.56 Å². The number of halogens is 1. The molecule has 1 heterocycles. The van der Waals surface area contributed by atoms with E-state index in [-0.39, 0.29) is 18.0 Å². The van der Waals surface area contributed by atoms with Gasteiger partial charge in [-0.25, -0.2) is 4.98 Å². The maximum atomic E-state index is 12.6. The summed E-state index contributed by atoms with van der Waals surface area (Å²) in [5, 5.41) is 0.493. The van der Waals surface area contributed by atoms with Crippen LogP contribution in [-0.2, 0) is 24.3 Å². The Morgan fingerprint density at radius 2 is 1.85 bits per heavy atom. The Kier molecular flexibility index (Phi) is 5.52.